The number of aliphatic carboxylic acids is 1. The summed E-state index contributed by atoms with van der Waals surface area (Å²) in [5.41, 5.74) is -0.628. The molecule has 6 heteroatoms. The molecule has 0 bridgehead atoms. The van der Waals surface area contributed by atoms with Gasteiger partial charge in [0.2, 0.25) is 5.91 Å². The molecule has 114 valence electrons. The summed E-state index contributed by atoms with van der Waals surface area (Å²) < 4.78 is 17.9. The van der Waals surface area contributed by atoms with Crippen LogP contribution in [-0.2, 0) is 20.7 Å². The number of nitrogens with zero attached hydrogens (tertiary/aromatic N) is 1. The fourth-order valence-corrected chi connectivity index (χ4v) is 2.79. The van der Waals surface area contributed by atoms with E-state index in [4.69, 9.17) is 4.74 Å². The molecule has 0 radical (unpaired) electrons. The number of halogens is 1. The molecule has 1 N–H and O–H groups in total. The number of carboxylic acids is 1. The maximum atomic E-state index is 12.9. The number of carbonyl (C=O) groups is 2. The quantitative estimate of drug-likeness (QED) is 0.893. The lowest BCUT2D eigenvalue weighted by atomic mass is 9.96. The van der Waals surface area contributed by atoms with Crippen LogP contribution in [0.25, 0.3) is 0 Å². The Hall–Kier alpha value is -1.95. The number of carboxylic acid groups (broad SMARTS) is 1. The van der Waals surface area contributed by atoms with Gasteiger partial charge in [0, 0.05) is 13.7 Å². The van der Waals surface area contributed by atoms with Crippen LogP contribution in [0.3, 0.4) is 0 Å². The highest BCUT2D eigenvalue weighted by Gasteiger charge is 2.49. The highest BCUT2D eigenvalue weighted by atomic mass is 19.1. The van der Waals surface area contributed by atoms with E-state index in [-0.39, 0.29) is 24.8 Å². The molecule has 1 saturated heterocycles. The Bertz CT molecular complexity index is 531. The smallest absolute Gasteiger partial charge is 0.332 e. The molecule has 0 aromatic heterocycles. The molecule has 1 fully saturated rings. The van der Waals surface area contributed by atoms with Crippen molar-refractivity contribution < 1.29 is 23.8 Å². The third kappa shape index (κ3) is 3.05. The lowest BCUT2D eigenvalue weighted by Crippen LogP contribution is -2.56. The molecule has 1 unspecified atom stereocenters. The number of methoxy groups -OCH3 is 1. The van der Waals surface area contributed by atoms with Gasteiger partial charge in [-0.2, -0.15) is 0 Å². The van der Waals surface area contributed by atoms with Gasteiger partial charge in [-0.1, -0.05) is 12.1 Å². The molecule has 0 aliphatic carbocycles. The number of likely N-dealkylation sites (tertiary alicyclic amines) is 1. The zero-order valence-electron chi connectivity index (χ0n) is 11.8. The average Bonchev–Trinajstić information content (AvgIpc) is 2.87. The highest BCUT2D eigenvalue weighted by Crippen LogP contribution is 2.31. The first-order chi connectivity index (χ1) is 9.99. The number of amides is 1. The third-order valence-corrected chi connectivity index (χ3v) is 3.84. The normalized spacial score (nSPS) is 21.5. The Balaban J connectivity index is 2.16. The summed E-state index contributed by atoms with van der Waals surface area (Å²) >= 11 is 0. The van der Waals surface area contributed by atoms with Gasteiger partial charge in [-0.25, -0.2) is 9.18 Å². The Labute approximate surface area is 122 Å². The highest BCUT2D eigenvalue weighted by molar-refractivity contribution is 5.89. The summed E-state index contributed by atoms with van der Waals surface area (Å²) in [5, 5.41) is 9.49. The molecule has 1 amide bonds. The third-order valence-electron chi connectivity index (χ3n) is 3.84. The number of hydrogen-bond donors (Lipinski definition) is 1. The average molecular weight is 295 g/mol. The van der Waals surface area contributed by atoms with Gasteiger partial charge in [0.1, 0.15) is 5.82 Å². The van der Waals surface area contributed by atoms with Crippen LogP contribution in [0, 0.1) is 5.82 Å². The molecule has 5 nitrogen and oxygen atoms in total. The van der Waals surface area contributed by atoms with Crippen molar-refractivity contribution >= 4 is 11.9 Å². The van der Waals surface area contributed by atoms with E-state index < -0.39 is 11.5 Å². The number of hydrogen-bond acceptors (Lipinski definition) is 3. The Morgan fingerprint density at radius 3 is 2.62 bits per heavy atom. The van der Waals surface area contributed by atoms with Gasteiger partial charge in [0.25, 0.3) is 0 Å². The molecule has 1 aromatic carbocycles. The van der Waals surface area contributed by atoms with E-state index in [1.807, 2.05) is 0 Å². The minimum Gasteiger partial charge on any atom is -0.479 e. The molecule has 1 atom stereocenters. The summed E-state index contributed by atoms with van der Waals surface area (Å²) in [5.74, 6) is -1.69. The van der Waals surface area contributed by atoms with E-state index >= 15 is 0 Å². The molecule has 0 spiro atoms. The predicted octanol–water partition coefficient (Wildman–Crippen LogP) is 1.46. The topological polar surface area (TPSA) is 66.8 Å². The summed E-state index contributed by atoms with van der Waals surface area (Å²) in [6.45, 7) is 0.368. The van der Waals surface area contributed by atoms with Crippen LogP contribution in [0.15, 0.2) is 24.3 Å². The fourth-order valence-electron chi connectivity index (χ4n) is 2.79. The molecule has 21 heavy (non-hydrogen) atoms. The zero-order chi connectivity index (χ0) is 15.5. The van der Waals surface area contributed by atoms with Crippen molar-refractivity contribution in [2.45, 2.75) is 24.8 Å². The lowest BCUT2D eigenvalue weighted by Gasteiger charge is -2.34. The van der Waals surface area contributed by atoms with Crippen LogP contribution < -0.4 is 0 Å². The molecule has 1 aliphatic heterocycles. The lowest BCUT2D eigenvalue weighted by molar-refractivity contribution is -0.160. The van der Waals surface area contributed by atoms with Crippen molar-refractivity contribution in [1.29, 1.82) is 0 Å². The number of ether oxygens (including phenoxy) is 1. The Kier molecular flexibility index (Phi) is 4.57. The van der Waals surface area contributed by atoms with Crippen LogP contribution in [-0.4, -0.2) is 47.7 Å². The molecule has 2 rings (SSSR count). The van der Waals surface area contributed by atoms with Crippen LogP contribution in [0.5, 0.6) is 0 Å². The van der Waals surface area contributed by atoms with Crippen LogP contribution in [0.2, 0.25) is 0 Å². The molecule has 1 aromatic rings. The van der Waals surface area contributed by atoms with Crippen LogP contribution in [0.4, 0.5) is 4.39 Å². The fraction of sp³-hybridized carbons (Fsp3) is 0.467. The second kappa shape index (κ2) is 6.22. The van der Waals surface area contributed by atoms with Crippen molar-refractivity contribution in [1.82, 2.24) is 4.90 Å². The van der Waals surface area contributed by atoms with Crippen molar-refractivity contribution in [2.75, 3.05) is 20.3 Å². The van der Waals surface area contributed by atoms with Gasteiger partial charge in [-0.05, 0) is 30.5 Å². The zero-order valence-corrected chi connectivity index (χ0v) is 11.8. The maximum absolute atomic E-state index is 12.9. The summed E-state index contributed by atoms with van der Waals surface area (Å²) in [6, 6.07) is 5.63. The van der Waals surface area contributed by atoms with Gasteiger partial charge >= 0.3 is 5.97 Å². The monoisotopic (exact) mass is 295 g/mol. The molecule has 1 heterocycles. The van der Waals surface area contributed by atoms with E-state index in [0.29, 0.717) is 24.9 Å². The first-order valence-electron chi connectivity index (χ1n) is 6.77. The van der Waals surface area contributed by atoms with E-state index in [1.165, 1.54) is 36.3 Å². The van der Waals surface area contributed by atoms with Crippen molar-refractivity contribution in [3.8, 4) is 0 Å². The SMILES string of the molecule is COCC1(C(=O)O)CCCN1C(=O)Cc1ccc(F)cc1. The van der Waals surface area contributed by atoms with Crippen LogP contribution in [0.1, 0.15) is 18.4 Å². The first kappa shape index (κ1) is 15.4. The summed E-state index contributed by atoms with van der Waals surface area (Å²) in [4.78, 5) is 25.4. The molecule has 1 aliphatic rings. The largest absolute Gasteiger partial charge is 0.479 e. The summed E-state index contributed by atoms with van der Waals surface area (Å²) in [6.07, 6.45) is 1.06. The van der Waals surface area contributed by atoms with Crippen molar-refractivity contribution in [2.24, 2.45) is 0 Å². The second-order valence-corrected chi connectivity index (χ2v) is 5.22. The predicted molar refractivity (Wildman–Crippen MR) is 73.3 cm³/mol. The van der Waals surface area contributed by atoms with Gasteiger partial charge in [0.05, 0.1) is 13.0 Å². The van der Waals surface area contributed by atoms with Gasteiger partial charge in [0.15, 0.2) is 5.54 Å². The van der Waals surface area contributed by atoms with E-state index in [9.17, 15) is 19.1 Å². The minimum atomic E-state index is -1.29. The molecular formula is C15H18FNO4. The van der Waals surface area contributed by atoms with Gasteiger partial charge in [-0.15, -0.1) is 0 Å². The van der Waals surface area contributed by atoms with Crippen molar-refractivity contribution in [3.63, 3.8) is 0 Å². The number of rotatable bonds is 5. The number of benzene rings is 1. The van der Waals surface area contributed by atoms with Crippen LogP contribution >= 0.6 is 0 Å². The summed E-state index contributed by atoms with van der Waals surface area (Å²) in [7, 11) is 1.42. The van der Waals surface area contributed by atoms with Crippen molar-refractivity contribution in [3.05, 3.63) is 35.6 Å². The van der Waals surface area contributed by atoms with Gasteiger partial charge in [-0.3, -0.25) is 4.79 Å². The second-order valence-electron chi connectivity index (χ2n) is 5.22. The van der Waals surface area contributed by atoms with E-state index in [1.54, 1.807) is 0 Å². The Morgan fingerprint density at radius 2 is 2.05 bits per heavy atom. The minimum absolute atomic E-state index is 0.0303. The van der Waals surface area contributed by atoms with Gasteiger partial charge < -0.3 is 14.7 Å². The molecular weight excluding hydrogens is 277 g/mol. The first-order valence-corrected chi connectivity index (χ1v) is 6.77. The molecule has 0 saturated carbocycles. The number of carbonyl (C=O) groups excluding carboxylic acids is 1. The van der Waals surface area contributed by atoms with E-state index in [0.717, 1.165) is 0 Å². The standard InChI is InChI=1S/C15H18FNO4/c1-21-10-15(14(19)20)7-2-8-17(15)13(18)9-11-3-5-12(16)6-4-11/h3-6H,2,7-10H2,1H3,(H,19,20). The maximum Gasteiger partial charge on any atom is 0.332 e. The Morgan fingerprint density at radius 1 is 1.38 bits per heavy atom. The van der Waals surface area contributed by atoms with E-state index in [2.05, 4.69) is 0 Å².